The molecule has 4 fully saturated rings. The van der Waals surface area contributed by atoms with Crippen molar-refractivity contribution >= 4 is 22.8 Å². The fourth-order valence-electron chi connectivity index (χ4n) is 8.03. The molecule has 5 heterocycles. The van der Waals surface area contributed by atoms with Crippen molar-refractivity contribution < 1.29 is 37.3 Å². The van der Waals surface area contributed by atoms with E-state index in [-0.39, 0.29) is 55.8 Å². The number of hydrogen-bond donors (Lipinski definition) is 0. The minimum Gasteiger partial charge on any atom is -0.468 e. The van der Waals surface area contributed by atoms with Gasteiger partial charge < -0.3 is 28.6 Å². The summed E-state index contributed by atoms with van der Waals surface area (Å²) >= 11 is 0. The molecule has 3 aromatic rings. The van der Waals surface area contributed by atoms with Gasteiger partial charge >= 0.3 is 18.1 Å². The maximum absolute atomic E-state index is 14.9. The van der Waals surface area contributed by atoms with Gasteiger partial charge in [-0.25, -0.2) is 13.6 Å². The van der Waals surface area contributed by atoms with Gasteiger partial charge in [0.1, 0.15) is 36.6 Å². The third kappa shape index (κ3) is 7.19. The molecule has 51 heavy (non-hydrogen) atoms. The fourth-order valence-corrected chi connectivity index (χ4v) is 8.03. The predicted octanol–water partition coefficient (Wildman–Crippen LogP) is 5.25. The number of rotatable bonds is 10. The Morgan fingerprint density at radius 3 is 2.51 bits per heavy atom. The van der Waals surface area contributed by atoms with Crippen LogP contribution in [0.3, 0.4) is 0 Å². The molecule has 1 unspecified atom stereocenters. The molecule has 2 bridgehead atoms. The Bertz CT molecular complexity index is 1820. The largest absolute Gasteiger partial charge is 0.468 e. The summed E-state index contributed by atoms with van der Waals surface area (Å²) in [4.78, 5) is 33.1. The number of ether oxygens (including phenoxy) is 5. The highest BCUT2D eigenvalue weighted by Gasteiger charge is 2.50. The molecule has 0 saturated carbocycles. The van der Waals surface area contributed by atoms with Crippen LogP contribution in [-0.2, 0) is 16.1 Å². The molecule has 1 aromatic heterocycles. The van der Waals surface area contributed by atoms with Crippen molar-refractivity contribution in [2.45, 2.75) is 88.9 Å². The van der Waals surface area contributed by atoms with Crippen molar-refractivity contribution in [3.63, 3.8) is 0 Å². The van der Waals surface area contributed by atoms with Crippen molar-refractivity contribution in [3.05, 3.63) is 41.2 Å². The molecule has 2 aromatic carbocycles. The lowest BCUT2D eigenvalue weighted by atomic mass is 9.95. The lowest BCUT2D eigenvalue weighted by Gasteiger charge is -2.41. The van der Waals surface area contributed by atoms with E-state index in [2.05, 4.69) is 15.8 Å². The Balaban J connectivity index is 1.18. The van der Waals surface area contributed by atoms with Crippen molar-refractivity contribution in [2.24, 2.45) is 0 Å². The minimum absolute atomic E-state index is 0.0116. The number of piperazine rings is 1. The van der Waals surface area contributed by atoms with E-state index in [4.69, 9.17) is 40.1 Å². The molecule has 14 heteroatoms. The third-order valence-electron chi connectivity index (χ3n) is 10.1. The lowest BCUT2D eigenvalue weighted by molar-refractivity contribution is 0.0121. The smallest absolute Gasteiger partial charge is 0.410 e. The minimum atomic E-state index is -0.908. The van der Waals surface area contributed by atoms with Gasteiger partial charge in [0.2, 0.25) is 5.95 Å². The van der Waals surface area contributed by atoms with Gasteiger partial charge in [-0.2, -0.15) is 9.97 Å². The standard InChI is InChI=1S/C37H44F2N6O6/c1-6-29-30(39)11-8-23-14-28(50-22-47-5)15-24(31(23)29)20-48-33-40-32(41-34(42-33)49-21-37-12-7-13-44(37)17-25(38)16-37)43-18-26-9-10-27(19-43)45(26)35(46)51-36(2,3)4/h1,8,11,14-15,25-27H,7,9-10,12-13,16-22H2,2-5H3/t25-,26-,27+,37?/m1/s1. The number of carbonyl (C=O) groups excluding carboxylic acids is 1. The normalized spacial score (nSPS) is 24.5. The zero-order chi connectivity index (χ0) is 35.9. The molecular weight excluding hydrogens is 662 g/mol. The predicted molar refractivity (Wildman–Crippen MR) is 184 cm³/mol. The summed E-state index contributed by atoms with van der Waals surface area (Å²) in [5, 5.41) is 1.17. The first kappa shape index (κ1) is 34.9. The molecule has 0 radical (unpaired) electrons. The van der Waals surface area contributed by atoms with Crippen LogP contribution in [0.5, 0.6) is 17.8 Å². The summed E-state index contributed by atoms with van der Waals surface area (Å²) in [7, 11) is 1.52. The van der Waals surface area contributed by atoms with Crippen LogP contribution in [0.1, 0.15) is 64.0 Å². The van der Waals surface area contributed by atoms with Gasteiger partial charge in [-0.1, -0.05) is 12.0 Å². The van der Waals surface area contributed by atoms with Crippen LogP contribution >= 0.6 is 0 Å². The number of hydrogen-bond acceptors (Lipinski definition) is 11. The first-order valence-electron chi connectivity index (χ1n) is 17.5. The number of fused-ring (bicyclic) bond motifs is 4. The van der Waals surface area contributed by atoms with E-state index in [1.54, 1.807) is 18.2 Å². The van der Waals surface area contributed by atoms with Crippen LogP contribution < -0.4 is 19.1 Å². The number of halogens is 2. The van der Waals surface area contributed by atoms with Crippen LogP contribution in [0, 0.1) is 18.2 Å². The maximum Gasteiger partial charge on any atom is 0.410 e. The fraction of sp³-hybridized carbons (Fsp3) is 0.568. The second-order valence-corrected chi connectivity index (χ2v) is 14.8. The summed E-state index contributed by atoms with van der Waals surface area (Å²) in [5.74, 6) is 2.76. The molecule has 272 valence electrons. The van der Waals surface area contributed by atoms with E-state index in [1.807, 2.05) is 30.6 Å². The number of amides is 1. The first-order chi connectivity index (χ1) is 24.4. The number of nitrogens with zero attached hydrogens (tertiary/aromatic N) is 6. The van der Waals surface area contributed by atoms with E-state index in [0.717, 1.165) is 32.2 Å². The molecule has 4 aliphatic heterocycles. The number of anilines is 1. The van der Waals surface area contributed by atoms with Gasteiger partial charge in [-0.3, -0.25) is 9.80 Å². The van der Waals surface area contributed by atoms with Gasteiger partial charge in [-0.05, 0) is 76.6 Å². The average molecular weight is 707 g/mol. The molecule has 0 N–H and O–H groups in total. The Labute approximate surface area is 296 Å². The maximum atomic E-state index is 14.9. The summed E-state index contributed by atoms with van der Waals surface area (Å²) in [5.41, 5.74) is -0.363. The van der Waals surface area contributed by atoms with Crippen LogP contribution in [0.15, 0.2) is 24.3 Å². The second-order valence-electron chi connectivity index (χ2n) is 14.8. The number of aromatic nitrogens is 3. The SMILES string of the molecule is C#Cc1c(F)ccc2cc(OCOC)cc(COc3nc(OCC45CCCN4C[C@H](F)C5)nc(N4C[C@H]5CC[C@@H](C4)N5C(=O)OC(C)(C)C)n3)c12. The summed E-state index contributed by atoms with van der Waals surface area (Å²) < 4.78 is 58.4. The van der Waals surface area contributed by atoms with E-state index < -0.39 is 23.1 Å². The van der Waals surface area contributed by atoms with Crippen LogP contribution in [-0.4, -0.2) is 107 Å². The molecule has 7 rings (SSSR count). The second kappa shape index (κ2) is 13.9. The Hall–Kier alpha value is -4.48. The van der Waals surface area contributed by atoms with Crippen LogP contribution in [0.25, 0.3) is 10.8 Å². The molecule has 1 amide bonds. The van der Waals surface area contributed by atoms with E-state index in [1.165, 1.54) is 13.2 Å². The summed E-state index contributed by atoms with van der Waals surface area (Å²) in [6.07, 6.45) is 8.36. The van der Waals surface area contributed by atoms with E-state index in [0.29, 0.717) is 54.1 Å². The number of alkyl halides is 1. The Kier molecular flexibility index (Phi) is 9.54. The monoisotopic (exact) mass is 706 g/mol. The first-order valence-corrected chi connectivity index (χ1v) is 17.5. The molecule has 4 atom stereocenters. The molecule has 4 aliphatic rings. The van der Waals surface area contributed by atoms with Gasteiger partial charge in [0.25, 0.3) is 0 Å². The lowest BCUT2D eigenvalue weighted by Crippen LogP contribution is -2.57. The topological polar surface area (TPSA) is 112 Å². The number of benzene rings is 2. The summed E-state index contributed by atoms with van der Waals surface area (Å²) in [6.45, 7) is 7.91. The molecule has 4 saturated heterocycles. The zero-order valence-corrected chi connectivity index (χ0v) is 29.5. The molecule has 0 aliphatic carbocycles. The van der Waals surface area contributed by atoms with Crippen molar-refractivity contribution in [1.82, 2.24) is 24.8 Å². The van der Waals surface area contributed by atoms with Crippen LogP contribution in [0.2, 0.25) is 0 Å². The van der Waals surface area contributed by atoms with Crippen molar-refractivity contribution in [1.29, 1.82) is 0 Å². The highest BCUT2D eigenvalue weighted by molar-refractivity contribution is 5.92. The molecule has 0 spiro atoms. The van der Waals surface area contributed by atoms with Crippen LogP contribution in [0.4, 0.5) is 19.5 Å². The number of terminal acetylenes is 1. The van der Waals surface area contributed by atoms with Gasteiger partial charge in [0, 0.05) is 44.1 Å². The van der Waals surface area contributed by atoms with E-state index in [9.17, 15) is 13.6 Å². The Morgan fingerprint density at radius 1 is 1.06 bits per heavy atom. The van der Waals surface area contributed by atoms with Gasteiger partial charge in [0.05, 0.1) is 23.2 Å². The number of carbonyl (C=O) groups is 1. The molecule has 12 nitrogen and oxygen atoms in total. The van der Waals surface area contributed by atoms with Crippen molar-refractivity contribution in [3.8, 4) is 30.1 Å². The van der Waals surface area contributed by atoms with Crippen molar-refractivity contribution in [2.75, 3.05) is 51.6 Å². The zero-order valence-electron chi connectivity index (χ0n) is 29.5. The van der Waals surface area contributed by atoms with Gasteiger partial charge in [-0.15, -0.1) is 11.4 Å². The highest BCUT2D eigenvalue weighted by Crippen LogP contribution is 2.41. The Morgan fingerprint density at radius 2 is 1.80 bits per heavy atom. The average Bonchev–Trinajstić information content (AvgIpc) is 3.71. The highest BCUT2D eigenvalue weighted by atomic mass is 19.1. The molecular formula is C37H44F2N6O6. The van der Waals surface area contributed by atoms with Gasteiger partial charge in [0.15, 0.2) is 6.79 Å². The van der Waals surface area contributed by atoms with E-state index >= 15 is 0 Å². The number of methoxy groups -OCH3 is 1. The quantitative estimate of drug-likeness (QED) is 0.204. The third-order valence-corrected chi connectivity index (χ3v) is 10.1. The summed E-state index contributed by atoms with van der Waals surface area (Å²) in [6, 6.07) is 6.29.